The lowest BCUT2D eigenvalue weighted by molar-refractivity contribution is -0.129. The Morgan fingerprint density at radius 2 is 1.74 bits per heavy atom. The number of piperazine rings is 1. The van der Waals surface area contributed by atoms with E-state index in [0.29, 0.717) is 17.3 Å². The molecule has 14 heteroatoms. The molecule has 4 aromatic rings. The molecular formula is C33H30F4N6O4. The van der Waals surface area contributed by atoms with Crippen molar-refractivity contribution in [2.75, 3.05) is 29.9 Å². The maximum Gasteiger partial charge on any atom is 0.354 e. The van der Waals surface area contributed by atoms with Gasteiger partial charge in [0.2, 0.25) is 5.91 Å². The molecule has 0 saturated carbocycles. The van der Waals surface area contributed by atoms with Gasteiger partial charge in [-0.15, -0.1) is 0 Å². The number of hydrogen-bond acceptors (Lipinski definition) is 7. The van der Waals surface area contributed by atoms with Gasteiger partial charge in [-0.3, -0.25) is 19.1 Å². The third-order valence-corrected chi connectivity index (χ3v) is 8.79. The number of halogens is 4. The summed E-state index contributed by atoms with van der Waals surface area (Å²) in [5, 5.41) is 10.3. The normalized spacial score (nSPS) is 17.7. The Balaban J connectivity index is 1.85. The second-order valence-electron chi connectivity index (χ2n) is 12.0. The molecule has 47 heavy (non-hydrogen) atoms. The van der Waals surface area contributed by atoms with Gasteiger partial charge in [0.05, 0.1) is 40.1 Å². The highest BCUT2D eigenvalue weighted by atomic mass is 19.2. The fourth-order valence-electron chi connectivity index (χ4n) is 6.65. The predicted molar refractivity (Wildman–Crippen MR) is 167 cm³/mol. The fraction of sp³-hybridized carbons (Fsp3) is 0.303. The van der Waals surface area contributed by atoms with Crippen LogP contribution < -0.4 is 15.5 Å². The number of aromatic hydroxyl groups is 1. The Morgan fingerprint density at radius 3 is 2.40 bits per heavy atom. The molecular weight excluding hydrogens is 620 g/mol. The minimum atomic E-state index is -1.75. The van der Waals surface area contributed by atoms with Crippen LogP contribution in [0.25, 0.3) is 27.7 Å². The van der Waals surface area contributed by atoms with Crippen LogP contribution in [-0.4, -0.2) is 68.6 Å². The summed E-state index contributed by atoms with van der Waals surface area (Å²) < 4.78 is 65.1. The highest BCUT2D eigenvalue weighted by Crippen LogP contribution is 2.48. The van der Waals surface area contributed by atoms with E-state index in [1.165, 1.54) is 23.0 Å². The predicted octanol–water partition coefficient (Wildman–Crippen LogP) is 4.71. The van der Waals surface area contributed by atoms with Gasteiger partial charge in [0, 0.05) is 25.8 Å². The zero-order chi connectivity index (χ0) is 34.2. The molecule has 4 heterocycles. The minimum Gasteiger partial charge on any atom is -0.507 e. The van der Waals surface area contributed by atoms with Crippen LogP contribution in [0, 0.1) is 30.2 Å². The number of amides is 2. The lowest BCUT2D eigenvalue weighted by atomic mass is 9.97. The molecule has 2 atom stereocenters. The number of carbonyl (C=O) groups excluding carboxylic acids is 2. The average Bonchev–Trinajstić information content (AvgIpc) is 3.11. The molecule has 2 aliphatic rings. The fourth-order valence-corrected chi connectivity index (χ4v) is 6.65. The van der Waals surface area contributed by atoms with Gasteiger partial charge in [0.1, 0.15) is 23.1 Å². The smallest absolute Gasteiger partial charge is 0.354 e. The van der Waals surface area contributed by atoms with Gasteiger partial charge in [0.25, 0.3) is 5.91 Å². The number of rotatable bonds is 4. The molecule has 2 aliphatic heterocycles. The van der Waals surface area contributed by atoms with E-state index in [4.69, 9.17) is 0 Å². The molecule has 0 radical (unpaired) electrons. The van der Waals surface area contributed by atoms with Crippen LogP contribution in [0.2, 0.25) is 0 Å². The average molecular weight is 651 g/mol. The van der Waals surface area contributed by atoms with Crippen LogP contribution in [0.5, 0.6) is 5.75 Å². The summed E-state index contributed by atoms with van der Waals surface area (Å²) in [5.74, 6) is -9.00. The van der Waals surface area contributed by atoms with E-state index >= 15 is 13.2 Å². The molecule has 2 unspecified atom stereocenters. The van der Waals surface area contributed by atoms with E-state index in [0.717, 1.165) is 21.6 Å². The third-order valence-electron chi connectivity index (χ3n) is 8.79. The highest BCUT2D eigenvalue weighted by molar-refractivity contribution is 6.14. The molecule has 2 amide bonds. The first-order chi connectivity index (χ1) is 22.2. The van der Waals surface area contributed by atoms with Crippen molar-refractivity contribution in [1.82, 2.24) is 19.4 Å². The van der Waals surface area contributed by atoms with E-state index in [2.05, 4.69) is 16.5 Å². The largest absolute Gasteiger partial charge is 0.507 e. The molecule has 0 spiro atoms. The summed E-state index contributed by atoms with van der Waals surface area (Å²) in [6.07, 6.45) is 2.59. The summed E-state index contributed by atoms with van der Waals surface area (Å²) in [5.41, 5.74) is -3.59. The lowest BCUT2D eigenvalue weighted by Gasteiger charge is -2.45. The zero-order valence-electron chi connectivity index (χ0n) is 26.1. The number of pyridine rings is 1. The molecule has 0 bridgehead atoms. The molecule has 244 valence electrons. The van der Waals surface area contributed by atoms with Crippen molar-refractivity contribution in [2.45, 2.75) is 45.7 Å². The third kappa shape index (κ3) is 4.56. The quantitative estimate of drug-likeness (QED) is 0.252. The molecule has 0 aliphatic carbocycles. The summed E-state index contributed by atoms with van der Waals surface area (Å²) in [6.45, 7) is 10.3. The number of benzene rings is 2. The molecule has 1 fully saturated rings. The summed E-state index contributed by atoms with van der Waals surface area (Å²) in [7, 11) is 1.21. The second-order valence-corrected chi connectivity index (χ2v) is 12.0. The van der Waals surface area contributed by atoms with E-state index in [1.807, 2.05) is 0 Å². The Morgan fingerprint density at radius 1 is 1.04 bits per heavy atom. The number of carbonyl (C=O) groups is 2. The number of phenols is 1. The Labute approximate surface area is 266 Å². The number of hydrogen-bond donors (Lipinski definition) is 1. The van der Waals surface area contributed by atoms with Gasteiger partial charge in [-0.05, 0) is 49.6 Å². The number of likely N-dealkylation sites (N-methyl/N-ethyl adjacent to an activating group) is 1. The molecule has 6 rings (SSSR count). The van der Waals surface area contributed by atoms with Crippen LogP contribution in [0.4, 0.5) is 29.1 Å². The summed E-state index contributed by atoms with van der Waals surface area (Å²) in [4.78, 5) is 53.4. The Kier molecular flexibility index (Phi) is 7.56. The number of phenolic OH excluding ortho intramolecular Hbond substituents is 1. The maximum atomic E-state index is 17.3. The SMILES string of the molecule is C=CC(=O)N1CC(C)N2c3nc(=O)n(-c4c(C)ccnc4C(C)C)c4c(F)c(-c5c(O)ccc(F)c5F)c(F)c(c34)N(C)C(=O)C2C1. The summed E-state index contributed by atoms with van der Waals surface area (Å²) >= 11 is 0. The van der Waals surface area contributed by atoms with Crippen molar-refractivity contribution in [2.24, 2.45) is 0 Å². The van der Waals surface area contributed by atoms with E-state index < -0.39 is 80.9 Å². The number of nitrogens with zero attached hydrogens (tertiary/aromatic N) is 6. The summed E-state index contributed by atoms with van der Waals surface area (Å²) in [6, 6.07) is 1.02. The first kappa shape index (κ1) is 31.7. The van der Waals surface area contributed by atoms with Crippen molar-refractivity contribution in [3.8, 4) is 22.6 Å². The second kappa shape index (κ2) is 11.2. The van der Waals surface area contributed by atoms with Crippen molar-refractivity contribution in [3.63, 3.8) is 0 Å². The monoisotopic (exact) mass is 650 g/mol. The molecule has 1 saturated heterocycles. The van der Waals surface area contributed by atoms with Crippen LogP contribution in [0.15, 0.2) is 41.8 Å². The van der Waals surface area contributed by atoms with Gasteiger partial charge >= 0.3 is 5.69 Å². The van der Waals surface area contributed by atoms with Crippen LogP contribution in [0.3, 0.4) is 0 Å². The van der Waals surface area contributed by atoms with Crippen LogP contribution >= 0.6 is 0 Å². The first-order valence-corrected chi connectivity index (χ1v) is 14.8. The van der Waals surface area contributed by atoms with E-state index in [-0.39, 0.29) is 35.9 Å². The molecule has 2 aromatic carbocycles. The number of fused-ring (bicyclic) bond motifs is 2. The van der Waals surface area contributed by atoms with Gasteiger partial charge in [0.15, 0.2) is 23.3 Å². The lowest BCUT2D eigenvalue weighted by Crippen LogP contribution is -2.63. The standard InChI is InChI=1S/C33H30F4N6O4/c1-7-20(45)41-12-16(5)42-18(13-41)32(46)40(6)29-23-30(26(37)22(25(29)36)21-19(44)9-8-17(34)24(21)35)43(33(47)39-31(23)42)28-15(4)10-11-38-27(28)14(2)3/h7-11,14,16,18,44H,1,12-13H2,2-6H3. The highest BCUT2D eigenvalue weighted by Gasteiger charge is 2.46. The van der Waals surface area contributed by atoms with Crippen molar-refractivity contribution < 1.29 is 32.3 Å². The Bertz CT molecular complexity index is 2100. The minimum absolute atomic E-state index is 0.0601. The van der Waals surface area contributed by atoms with E-state index in [9.17, 15) is 23.9 Å². The zero-order valence-corrected chi connectivity index (χ0v) is 26.1. The van der Waals surface area contributed by atoms with Crippen LogP contribution in [0.1, 0.15) is 37.9 Å². The molecule has 1 N–H and O–H groups in total. The maximum absolute atomic E-state index is 17.3. The first-order valence-electron chi connectivity index (χ1n) is 14.8. The van der Waals surface area contributed by atoms with Gasteiger partial charge in [-0.2, -0.15) is 4.98 Å². The van der Waals surface area contributed by atoms with Crippen molar-refractivity contribution in [1.29, 1.82) is 0 Å². The van der Waals surface area contributed by atoms with Gasteiger partial charge in [-0.1, -0.05) is 20.4 Å². The molecule has 10 nitrogen and oxygen atoms in total. The number of aromatic nitrogens is 3. The van der Waals surface area contributed by atoms with Crippen molar-refractivity contribution >= 4 is 34.2 Å². The van der Waals surface area contributed by atoms with Gasteiger partial charge in [-0.25, -0.2) is 22.4 Å². The van der Waals surface area contributed by atoms with Crippen LogP contribution in [-0.2, 0) is 9.59 Å². The Hall–Kier alpha value is -5.27. The van der Waals surface area contributed by atoms with Crippen molar-refractivity contribution in [3.05, 3.63) is 82.1 Å². The topological polar surface area (TPSA) is 112 Å². The molecule has 2 aromatic heterocycles. The van der Waals surface area contributed by atoms with Gasteiger partial charge < -0.3 is 19.8 Å². The number of anilines is 2. The number of aryl methyl sites for hydroxylation is 1. The van der Waals surface area contributed by atoms with E-state index in [1.54, 1.807) is 33.8 Å².